The lowest BCUT2D eigenvalue weighted by atomic mass is 9.95. The summed E-state index contributed by atoms with van der Waals surface area (Å²) in [6, 6.07) is 1.57. The third-order valence-electron chi connectivity index (χ3n) is 3.70. The predicted molar refractivity (Wildman–Crippen MR) is 84.8 cm³/mol. The molecular formula is C15H23ClN4O. The molecule has 2 heterocycles. The largest absolute Gasteiger partial charge is 0.357 e. The van der Waals surface area contributed by atoms with Crippen LogP contribution in [0.3, 0.4) is 0 Å². The number of hydrogen-bond donors (Lipinski definition) is 1. The zero-order valence-electron chi connectivity index (χ0n) is 13.1. The van der Waals surface area contributed by atoms with E-state index < -0.39 is 0 Å². The van der Waals surface area contributed by atoms with E-state index in [1.54, 1.807) is 13.1 Å². The highest BCUT2D eigenvalue weighted by atomic mass is 35.5. The van der Waals surface area contributed by atoms with Crippen LogP contribution in [0, 0.1) is 0 Å². The molecule has 1 aliphatic rings. The molecule has 5 nitrogen and oxygen atoms in total. The molecule has 0 bridgehead atoms. The van der Waals surface area contributed by atoms with Crippen molar-refractivity contribution in [1.82, 2.24) is 15.3 Å². The van der Waals surface area contributed by atoms with Crippen LogP contribution in [-0.4, -0.2) is 35.5 Å². The fourth-order valence-electron chi connectivity index (χ4n) is 2.53. The Morgan fingerprint density at radius 1 is 1.38 bits per heavy atom. The van der Waals surface area contributed by atoms with E-state index in [2.05, 4.69) is 36.1 Å². The number of likely N-dealkylation sites (N-methyl/N-ethyl adjacent to an activating group) is 1. The zero-order chi connectivity index (χ0) is 15.6. The molecule has 1 aliphatic heterocycles. The van der Waals surface area contributed by atoms with Crippen molar-refractivity contribution >= 4 is 23.3 Å². The second-order valence-corrected chi connectivity index (χ2v) is 6.83. The second kappa shape index (κ2) is 6.18. The number of anilines is 1. The predicted octanol–water partition coefficient (Wildman–Crippen LogP) is 2.53. The van der Waals surface area contributed by atoms with Gasteiger partial charge in [-0.1, -0.05) is 32.4 Å². The fourth-order valence-corrected chi connectivity index (χ4v) is 2.71. The van der Waals surface area contributed by atoms with Crippen LogP contribution in [0.15, 0.2) is 6.07 Å². The Labute approximate surface area is 131 Å². The summed E-state index contributed by atoms with van der Waals surface area (Å²) in [4.78, 5) is 23.1. The lowest BCUT2D eigenvalue weighted by molar-refractivity contribution is -0.122. The van der Waals surface area contributed by atoms with Gasteiger partial charge in [0.1, 0.15) is 22.8 Å². The van der Waals surface area contributed by atoms with Crippen LogP contribution >= 0.6 is 11.6 Å². The maximum absolute atomic E-state index is 12.1. The molecule has 0 saturated carbocycles. The van der Waals surface area contributed by atoms with Crippen LogP contribution in [0.5, 0.6) is 0 Å². The van der Waals surface area contributed by atoms with E-state index >= 15 is 0 Å². The molecule has 1 unspecified atom stereocenters. The van der Waals surface area contributed by atoms with Crippen LogP contribution < -0.4 is 10.2 Å². The maximum atomic E-state index is 12.1. The standard InChI is InChI=1S/C15H23ClN4O/c1-15(2,3)14-18-11(16)9-12(19-14)20-8-6-5-7-10(20)13(21)17-4/h9-10H,5-8H2,1-4H3,(H,17,21). The minimum atomic E-state index is -0.183. The van der Waals surface area contributed by atoms with Crippen molar-refractivity contribution in [3.8, 4) is 0 Å². The summed E-state index contributed by atoms with van der Waals surface area (Å²) in [7, 11) is 1.67. The molecule has 116 valence electrons. The molecule has 21 heavy (non-hydrogen) atoms. The number of carbonyl (C=O) groups excluding carboxylic acids is 1. The van der Waals surface area contributed by atoms with Gasteiger partial charge in [-0.15, -0.1) is 0 Å². The number of amides is 1. The van der Waals surface area contributed by atoms with Crippen LogP contribution in [0.1, 0.15) is 45.9 Å². The first-order chi connectivity index (χ1) is 9.82. The summed E-state index contributed by atoms with van der Waals surface area (Å²) < 4.78 is 0. The molecule has 0 spiro atoms. The lowest BCUT2D eigenvalue weighted by Gasteiger charge is -2.35. The van der Waals surface area contributed by atoms with E-state index in [-0.39, 0.29) is 17.4 Å². The summed E-state index contributed by atoms with van der Waals surface area (Å²) in [5, 5.41) is 3.16. The van der Waals surface area contributed by atoms with Crippen LogP contribution in [-0.2, 0) is 10.2 Å². The number of aromatic nitrogens is 2. The van der Waals surface area contributed by atoms with Crippen molar-refractivity contribution in [2.24, 2.45) is 0 Å². The third kappa shape index (κ3) is 3.64. The number of nitrogens with one attached hydrogen (secondary N) is 1. The van der Waals surface area contributed by atoms with Gasteiger partial charge in [-0.3, -0.25) is 4.79 Å². The SMILES string of the molecule is CNC(=O)C1CCCCN1c1cc(Cl)nc(C(C)(C)C)n1. The van der Waals surface area contributed by atoms with Gasteiger partial charge in [0.15, 0.2) is 0 Å². The first-order valence-corrected chi connectivity index (χ1v) is 7.74. The number of carbonyl (C=O) groups is 1. The average Bonchev–Trinajstić information content (AvgIpc) is 2.45. The summed E-state index contributed by atoms with van der Waals surface area (Å²) in [5.41, 5.74) is -0.183. The highest BCUT2D eigenvalue weighted by Gasteiger charge is 2.30. The monoisotopic (exact) mass is 310 g/mol. The molecule has 0 radical (unpaired) electrons. The van der Waals surface area contributed by atoms with Gasteiger partial charge >= 0.3 is 0 Å². The zero-order valence-corrected chi connectivity index (χ0v) is 13.9. The van der Waals surface area contributed by atoms with E-state index in [0.717, 1.165) is 31.6 Å². The van der Waals surface area contributed by atoms with Crippen LogP contribution in [0.2, 0.25) is 5.15 Å². The molecule has 1 N–H and O–H groups in total. The molecule has 1 fully saturated rings. The highest BCUT2D eigenvalue weighted by Crippen LogP contribution is 2.28. The Hall–Kier alpha value is -1.36. The van der Waals surface area contributed by atoms with E-state index in [1.165, 1.54) is 0 Å². The van der Waals surface area contributed by atoms with Gasteiger partial charge < -0.3 is 10.2 Å². The smallest absolute Gasteiger partial charge is 0.242 e. The normalized spacial score (nSPS) is 19.5. The summed E-state index contributed by atoms with van der Waals surface area (Å²) in [5.74, 6) is 1.47. The van der Waals surface area contributed by atoms with E-state index in [1.807, 2.05) is 4.90 Å². The Balaban J connectivity index is 2.39. The Kier molecular flexibility index (Phi) is 4.71. The van der Waals surface area contributed by atoms with Crippen LogP contribution in [0.4, 0.5) is 5.82 Å². The Bertz CT molecular complexity index is 527. The summed E-state index contributed by atoms with van der Waals surface area (Å²) >= 11 is 6.16. The van der Waals surface area contributed by atoms with Crippen molar-refractivity contribution in [2.45, 2.75) is 51.5 Å². The molecule has 1 saturated heterocycles. The molecule has 1 aromatic heterocycles. The number of rotatable bonds is 2. The Morgan fingerprint density at radius 2 is 2.10 bits per heavy atom. The topological polar surface area (TPSA) is 58.1 Å². The summed E-state index contributed by atoms with van der Waals surface area (Å²) in [6.07, 6.45) is 2.95. The van der Waals surface area contributed by atoms with Crippen LogP contribution in [0.25, 0.3) is 0 Å². The third-order valence-corrected chi connectivity index (χ3v) is 3.89. The highest BCUT2D eigenvalue weighted by molar-refractivity contribution is 6.29. The van der Waals surface area contributed by atoms with Gasteiger partial charge in [0.2, 0.25) is 5.91 Å². The minimum absolute atomic E-state index is 0.0294. The van der Waals surface area contributed by atoms with Gasteiger partial charge in [-0.2, -0.15) is 0 Å². The number of piperidine rings is 1. The van der Waals surface area contributed by atoms with Crippen molar-refractivity contribution in [3.63, 3.8) is 0 Å². The van der Waals surface area contributed by atoms with Gasteiger partial charge in [0, 0.05) is 25.1 Å². The molecule has 0 aromatic carbocycles. The minimum Gasteiger partial charge on any atom is -0.357 e. The Morgan fingerprint density at radius 3 is 2.71 bits per heavy atom. The van der Waals surface area contributed by atoms with E-state index in [0.29, 0.717) is 11.0 Å². The molecular weight excluding hydrogens is 288 g/mol. The van der Waals surface area contributed by atoms with Crippen molar-refractivity contribution in [2.75, 3.05) is 18.5 Å². The van der Waals surface area contributed by atoms with Crippen molar-refractivity contribution in [3.05, 3.63) is 17.0 Å². The molecule has 2 rings (SSSR count). The molecule has 0 aliphatic carbocycles. The van der Waals surface area contributed by atoms with Gasteiger partial charge in [0.05, 0.1) is 0 Å². The van der Waals surface area contributed by atoms with Gasteiger partial charge in [-0.05, 0) is 19.3 Å². The van der Waals surface area contributed by atoms with Crippen molar-refractivity contribution < 1.29 is 4.79 Å². The van der Waals surface area contributed by atoms with Gasteiger partial charge in [0.25, 0.3) is 0 Å². The van der Waals surface area contributed by atoms with Gasteiger partial charge in [-0.25, -0.2) is 9.97 Å². The number of hydrogen-bond acceptors (Lipinski definition) is 4. The lowest BCUT2D eigenvalue weighted by Crippen LogP contribution is -2.49. The molecule has 1 amide bonds. The van der Waals surface area contributed by atoms with Crippen molar-refractivity contribution in [1.29, 1.82) is 0 Å². The first kappa shape index (κ1) is 16.0. The first-order valence-electron chi connectivity index (χ1n) is 7.36. The number of halogens is 1. The maximum Gasteiger partial charge on any atom is 0.242 e. The molecule has 1 aromatic rings. The fraction of sp³-hybridized carbons (Fsp3) is 0.667. The average molecular weight is 311 g/mol. The second-order valence-electron chi connectivity index (χ2n) is 6.44. The van der Waals surface area contributed by atoms with E-state index in [9.17, 15) is 4.79 Å². The summed E-state index contributed by atoms with van der Waals surface area (Å²) in [6.45, 7) is 6.97. The van der Waals surface area contributed by atoms with E-state index in [4.69, 9.17) is 11.6 Å². The molecule has 1 atom stereocenters. The number of nitrogens with zero attached hydrogens (tertiary/aromatic N) is 3. The molecule has 6 heteroatoms. The quantitative estimate of drug-likeness (QED) is 0.853.